The van der Waals surface area contributed by atoms with E-state index < -0.39 is 0 Å². The standard InChI is InChI=1S/C8H15N5OS2/c1-10-8(14)12-16-4-3-13(2)6-5-15-7(9)11-6/h5H,3-4H2,1-2H3,(H2,9,11)(H2,10,12,14). The summed E-state index contributed by atoms with van der Waals surface area (Å²) in [6, 6.07) is -0.189. The van der Waals surface area contributed by atoms with Crippen LogP contribution in [0.15, 0.2) is 5.38 Å². The first kappa shape index (κ1) is 12.9. The molecule has 1 heterocycles. The molecule has 0 aliphatic rings. The van der Waals surface area contributed by atoms with E-state index in [2.05, 4.69) is 15.0 Å². The highest BCUT2D eigenvalue weighted by molar-refractivity contribution is 7.97. The molecule has 0 bridgehead atoms. The maximum Gasteiger partial charge on any atom is 0.324 e. The molecule has 0 aliphatic carbocycles. The number of nitrogens with two attached hydrogens (primary N) is 1. The third kappa shape index (κ3) is 4.15. The lowest BCUT2D eigenvalue weighted by Crippen LogP contribution is -2.29. The van der Waals surface area contributed by atoms with Crippen LogP contribution < -0.4 is 20.7 Å². The smallest absolute Gasteiger partial charge is 0.324 e. The van der Waals surface area contributed by atoms with Gasteiger partial charge in [0.1, 0.15) is 5.82 Å². The van der Waals surface area contributed by atoms with E-state index in [1.807, 2.05) is 17.3 Å². The second-order valence-electron chi connectivity index (χ2n) is 3.00. The van der Waals surface area contributed by atoms with Crippen molar-refractivity contribution >= 4 is 40.3 Å². The summed E-state index contributed by atoms with van der Waals surface area (Å²) >= 11 is 2.78. The summed E-state index contributed by atoms with van der Waals surface area (Å²) in [4.78, 5) is 17.0. The van der Waals surface area contributed by atoms with Gasteiger partial charge < -0.3 is 16.0 Å². The summed E-state index contributed by atoms with van der Waals surface area (Å²) < 4.78 is 2.64. The highest BCUT2D eigenvalue weighted by Crippen LogP contribution is 2.18. The van der Waals surface area contributed by atoms with Crippen LogP contribution in [0.2, 0.25) is 0 Å². The Morgan fingerprint density at radius 3 is 3.06 bits per heavy atom. The zero-order valence-corrected chi connectivity index (χ0v) is 10.8. The lowest BCUT2D eigenvalue weighted by Gasteiger charge is -2.15. The van der Waals surface area contributed by atoms with Crippen molar-refractivity contribution < 1.29 is 4.79 Å². The number of amides is 2. The molecule has 0 spiro atoms. The Bertz CT molecular complexity index is 343. The van der Waals surface area contributed by atoms with Crippen LogP contribution in [-0.4, -0.2) is 37.4 Å². The minimum atomic E-state index is -0.189. The van der Waals surface area contributed by atoms with Gasteiger partial charge in [0.25, 0.3) is 0 Å². The first-order valence-electron chi connectivity index (χ1n) is 4.65. The Labute approximate surface area is 103 Å². The fourth-order valence-electron chi connectivity index (χ4n) is 0.919. The number of rotatable bonds is 5. The van der Waals surface area contributed by atoms with Gasteiger partial charge >= 0.3 is 6.03 Å². The number of nitrogens with zero attached hydrogens (tertiary/aromatic N) is 2. The molecule has 0 aromatic carbocycles. The first-order valence-corrected chi connectivity index (χ1v) is 6.51. The molecule has 0 saturated carbocycles. The number of hydrogen-bond donors (Lipinski definition) is 3. The first-order chi connectivity index (χ1) is 7.63. The molecule has 0 saturated heterocycles. The van der Waals surface area contributed by atoms with E-state index >= 15 is 0 Å². The van der Waals surface area contributed by atoms with Crippen LogP contribution in [0.25, 0.3) is 0 Å². The molecule has 0 atom stereocenters. The number of hydrogen-bond acceptors (Lipinski definition) is 6. The van der Waals surface area contributed by atoms with Crippen LogP contribution in [0.5, 0.6) is 0 Å². The van der Waals surface area contributed by atoms with Gasteiger partial charge in [-0.2, -0.15) is 0 Å². The van der Waals surface area contributed by atoms with Crippen molar-refractivity contribution in [1.29, 1.82) is 0 Å². The van der Waals surface area contributed by atoms with E-state index in [1.165, 1.54) is 23.3 Å². The third-order valence-corrected chi connectivity index (χ3v) is 3.20. The van der Waals surface area contributed by atoms with Gasteiger partial charge in [-0.1, -0.05) is 0 Å². The van der Waals surface area contributed by atoms with Gasteiger partial charge in [-0.15, -0.1) is 11.3 Å². The molecule has 1 aromatic heterocycles. The third-order valence-electron chi connectivity index (χ3n) is 1.82. The number of carbonyl (C=O) groups is 1. The predicted molar refractivity (Wildman–Crippen MR) is 69.8 cm³/mol. The van der Waals surface area contributed by atoms with Gasteiger partial charge in [0.2, 0.25) is 0 Å². The van der Waals surface area contributed by atoms with Crippen molar-refractivity contribution in [1.82, 2.24) is 15.0 Å². The zero-order chi connectivity index (χ0) is 12.0. The zero-order valence-electron chi connectivity index (χ0n) is 9.19. The number of aromatic nitrogens is 1. The Balaban J connectivity index is 2.20. The van der Waals surface area contributed by atoms with Crippen LogP contribution in [-0.2, 0) is 0 Å². The normalized spacial score (nSPS) is 9.88. The van der Waals surface area contributed by atoms with Gasteiger partial charge in [-0.05, 0) is 11.9 Å². The molecular formula is C8H15N5OS2. The van der Waals surface area contributed by atoms with E-state index in [0.29, 0.717) is 5.13 Å². The van der Waals surface area contributed by atoms with Crippen molar-refractivity contribution in [2.45, 2.75) is 0 Å². The molecule has 1 rings (SSSR count). The van der Waals surface area contributed by atoms with Crippen LogP contribution in [0, 0.1) is 0 Å². The maximum absolute atomic E-state index is 10.8. The summed E-state index contributed by atoms with van der Waals surface area (Å²) in [6.07, 6.45) is 0. The summed E-state index contributed by atoms with van der Waals surface area (Å²) in [5, 5.41) is 4.95. The second kappa shape index (κ2) is 6.44. The van der Waals surface area contributed by atoms with Crippen LogP contribution in [0.1, 0.15) is 0 Å². The molecule has 90 valence electrons. The van der Waals surface area contributed by atoms with Gasteiger partial charge in [-0.25, -0.2) is 9.78 Å². The Morgan fingerprint density at radius 1 is 1.75 bits per heavy atom. The minimum absolute atomic E-state index is 0.189. The van der Waals surface area contributed by atoms with E-state index in [-0.39, 0.29) is 6.03 Å². The largest absolute Gasteiger partial charge is 0.375 e. The lowest BCUT2D eigenvalue weighted by molar-refractivity contribution is 0.248. The molecule has 8 heteroatoms. The average Bonchev–Trinajstić information content (AvgIpc) is 2.70. The van der Waals surface area contributed by atoms with E-state index in [1.54, 1.807) is 7.05 Å². The molecule has 0 unspecified atom stereocenters. The van der Waals surface area contributed by atoms with Crippen LogP contribution in [0.3, 0.4) is 0 Å². The van der Waals surface area contributed by atoms with Crippen LogP contribution >= 0.6 is 23.3 Å². The van der Waals surface area contributed by atoms with E-state index in [4.69, 9.17) is 5.73 Å². The van der Waals surface area contributed by atoms with Crippen LogP contribution in [0.4, 0.5) is 15.7 Å². The summed E-state index contributed by atoms with van der Waals surface area (Å²) in [5.74, 6) is 1.64. The van der Waals surface area contributed by atoms with Gasteiger partial charge in [0, 0.05) is 31.8 Å². The summed E-state index contributed by atoms with van der Waals surface area (Å²) in [6.45, 7) is 0.790. The molecule has 0 radical (unpaired) electrons. The number of nitrogen functional groups attached to an aromatic ring is 1. The number of carbonyl (C=O) groups excluding carboxylic acids is 1. The Morgan fingerprint density at radius 2 is 2.50 bits per heavy atom. The lowest BCUT2D eigenvalue weighted by atomic mass is 10.6. The molecule has 1 aromatic rings. The monoisotopic (exact) mass is 261 g/mol. The molecule has 16 heavy (non-hydrogen) atoms. The maximum atomic E-state index is 10.8. The highest BCUT2D eigenvalue weighted by atomic mass is 32.2. The number of thiazole rings is 1. The highest BCUT2D eigenvalue weighted by Gasteiger charge is 2.04. The van der Waals surface area contributed by atoms with E-state index in [0.717, 1.165) is 18.1 Å². The SMILES string of the molecule is CNC(=O)NSCCN(C)c1csc(N)n1. The summed E-state index contributed by atoms with van der Waals surface area (Å²) in [5.41, 5.74) is 5.54. The average molecular weight is 261 g/mol. The number of anilines is 2. The molecule has 2 amide bonds. The molecule has 0 fully saturated rings. The van der Waals surface area contributed by atoms with E-state index in [9.17, 15) is 4.79 Å². The minimum Gasteiger partial charge on any atom is -0.375 e. The summed E-state index contributed by atoms with van der Waals surface area (Å²) in [7, 11) is 3.52. The quantitative estimate of drug-likeness (QED) is 0.538. The fraction of sp³-hybridized carbons (Fsp3) is 0.500. The predicted octanol–water partition coefficient (Wildman–Crippen LogP) is 0.739. The molecule has 6 nitrogen and oxygen atoms in total. The topological polar surface area (TPSA) is 83.3 Å². The Kier molecular flexibility index (Phi) is 5.20. The number of urea groups is 1. The van der Waals surface area contributed by atoms with Crippen molar-refractivity contribution in [3.8, 4) is 0 Å². The van der Waals surface area contributed by atoms with Crippen molar-refractivity contribution in [2.75, 3.05) is 37.0 Å². The molecule has 0 aliphatic heterocycles. The Hall–Kier alpha value is -1.15. The van der Waals surface area contributed by atoms with Gasteiger partial charge in [-0.3, -0.25) is 4.72 Å². The molecular weight excluding hydrogens is 246 g/mol. The van der Waals surface area contributed by atoms with Crippen molar-refractivity contribution in [2.24, 2.45) is 0 Å². The molecule has 4 N–H and O–H groups in total. The number of nitrogens with one attached hydrogen (secondary N) is 2. The second-order valence-corrected chi connectivity index (χ2v) is 4.79. The van der Waals surface area contributed by atoms with Crippen molar-refractivity contribution in [3.05, 3.63) is 5.38 Å². The van der Waals surface area contributed by atoms with Gasteiger partial charge in [0.05, 0.1) is 0 Å². The fourth-order valence-corrected chi connectivity index (χ4v) is 2.22. The van der Waals surface area contributed by atoms with Crippen molar-refractivity contribution in [3.63, 3.8) is 0 Å². The van der Waals surface area contributed by atoms with Gasteiger partial charge in [0.15, 0.2) is 5.13 Å².